The summed E-state index contributed by atoms with van der Waals surface area (Å²) in [7, 11) is 0. The second kappa shape index (κ2) is 6.92. The predicted molar refractivity (Wildman–Crippen MR) is 87.8 cm³/mol. The molecule has 0 spiro atoms. The van der Waals surface area contributed by atoms with Gasteiger partial charge in [-0.2, -0.15) is 5.10 Å². The van der Waals surface area contributed by atoms with Crippen molar-refractivity contribution >= 4 is 0 Å². The van der Waals surface area contributed by atoms with Gasteiger partial charge in [0.1, 0.15) is 12.7 Å². The standard InChI is InChI=1S/C17H20N6O/c1-2-6-15(7-3-1)17-21-20-16(24-17)11-22-8-4-5-14(9-22)10-23-13-18-12-19-23/h1-3,6-7,12-14H,4-5,8-11H2. The van der Waals surface area contributed by atoms with Gasteiger partial charge in [0.25, 0.3) is 0 Å². The quantitative estimate of drug-likeness (QED) is 0.716. The molecule has 124 valence electrons. The number of rotatable bonds is 5. The first kappa shape index (κ1) is 15.0. The predicted octanol–water partition coefficient (Wildman–Crippen LogP) is 2.24. The van der Waals surface area contributed by atoms with E-state index in [9.17, 15) is 0 Å². The highest BCUT2D eigenvalue weighted by Crippen LogP contribution is 2.21. The van der Waals surface area contributed by atoms with E-state index in [-0.39, 0.29) is 0 Å². The Morgan fingerprint density at radius 2 is 2.08 bits per heavy atom. The fraction of sp³-hybridized carbons (Fsp3) is 0.412. The van der Waals surface area contributed by atoms with Gasteiger partial charge in [-0.1, -0.05) is 18.2 Å². The lowest BCUT2D eigenvalue weighted by Crippen LogP contribution is -2.36. The van der Waals surface area contributed by atoms with Crippen molar-refractivity contribution in [3.63, 3.8) is 0 Å². The minimum Gasteiger partial charge on any atom is -0.419 e. The zero-order valence-electron chi connectivity index (χ0n) is 13.5. The van der Waals surface area contributed by atoms with Crippen LogP contribution in [0.4, 0.5) is 0 Å². The van der Waals surface area contributed by atoms with Crippen molar-refractivity contribution < 1.29 is 4.42 Å². The van der Waals surface area contributed by atoms with E-state index >= 15 is 0 Å². The Bertz CT molecular complexity index is 755. The summed E-state index contributed by atoms with van der Waals surface area (Å²) in [6.07, 6.45) is 5.77. The number of hydrogen-bond donors (Lipinski definition) is 0. The first-order valence-electron chi connectivity index (χ1n) is 8.29. The second-order valence-corrected chi connectivity index (χ2v) is 6.23. The molecule has 0 aliphatic carbocycles. The molecular weight excluding hydrogens is 304 g/mol. The molecule has 1 aliphatic heterocycles. The molecular formula is C17H20N6O. The van der Waals surface area contributed by atoms with Crippen LogP contribution in [0.1, 0.15) is 18.7 Å². The molecule has 4 rings (SSSR count). The summed E-state index contributed by atoms with van der Waals surface area (Å²) >= 11 is 0. The molecule has 24 heavy (non-hydrogen) atoms. The lowest BCUT2D eigenvalue weighted by molar-refractivity contribution is 0.142. The Kier molecular flexibility index (Phi) is 4.33. The van der Waals surface area contributed by atoms with Crippen molar-refractivity contribution in [3.05, 3.63) is 48.9 Å². The van der Waals surface area contributed by atoms with Gasteiger partial charge in [0, 0.05) is 18.7 Å². The number of hydrogen-bond acceptors (Lipinski definition) is 6. The summed E-state index contributed by atoms with van der Waals surface area (Å²) in [5, 5.41) is 12.6. The van der Waals surface area contributed by atoms with Crippen molar-refractivity contribution in [3.8, 4) is 11.5 Å². The van der Waals surface area contributed by atoms with Crippen LogP contribution in [0.2, 0.25) is 0 Å². The third kappa shape index (κ3) is 3.51. The zero-order valence-corrected chi connectivity index (χ0v) is 13.5. The molecule has 3 aromatic rings. The SMILES string of the molecule is c1ccc(-c2nnc(CN3CCCC(Cn4cncn4)C3)o2)cc1. The Hall–Kier alpha value is -2.54. The van der Waals surface area contributed by atoms with Gasteiger partial charge in [-0.15, -0.1) is 10.2 Å². The van der Waals surface area contributed by atoms with Crippen LogP contribution in [0.25, 0.3) is 11.5 Å². The van der Waals surface area contributed by atoms with Gasteiger partial charge >= 0.3 is 0 Å². The molecule has 7 heteroatoms. The van der Waals surface area contributed by atoms with Crippen molar-refractivity contribution in [1.82, 2.24) is 29.9 Å². The fourth-order valence-electron chi connectivity index (χ4n) is 3.24. The van der Waals surface area contributed by atoms with Crippen LogP contribution < -0.4 is 0 Å². The highest BCUT2D eigenvalue weighted by molar-refractivity contribution is 5.51. The first-order chi connectivity index (χ1) is 11.9. The molecule has 0 amide bonds. The normalized spacial score (nSPS) is 18.8. The highest BCUT2D eigenvalue weighted by Gasteiger charge is 2.22. The third-order valence-corrected chi connectivity index (χ3v) is 4.36. The van der Waals surface area contributed by atoms with Crippen molar-refractivity contribution in [1.29, 1.82) is 0 Å². The van der Waals surface area contributed by atoms with Gasteiger partial charge in [-0.3, -0.25) is 9.58 Å². The van der Waals surface area contributed by atoms with E-state index in [1.165, 1.54) is 12.8 Å². The van der Waals surface area contributed by atoms with E-state index in [1.54, 1.807) is 12.7 Å². The van der Waals surface area contributed by atoms with Crippen molar-refractivity contribution in [2.75, 3.05) is 13.1 Å². The van der Waals surface area contributed by atoms with Crippen molar-refractivity contribution in [2.45, 2.75) is 25.9 Å². The molecule has 2 aromatic heterocycles. The molecule has 1 aromatic carbocycles. The van der Waals surface area contributed by atoms with Gasteiger partial charge in [0.05, 0.1) is 6.54 Å². The van der Waals surface area contributed by atoms with Gasteiger partial charge < -0.3 is 4.42 Å². The van der Waals surface area contributed by atoms with E-state index in [1.807, 2.05) is 35.0 Å². The maximum atomic E-state index is 5.82. The number of piperidine rings is 1. The lowest BCUT2D eigenvalue weighted by atomic mass is 9.98. The average Bonchev–Trinajstić information content (AvgIpc) is 3.28. The summed E-state index contributed by atoms with van der Waals surface area (Å²) < 4.78 is 7.73. The minimum absolute atomic E-state index is 0.581. The van der Waals surface area contributed by atoms with Gasteiger partial charge in [-0.25, -0.2) is 4.98 Å². The summed E-state index contributed by atoms with van der Waals surface area (Å²) in [4.78, 5) is 6.39. The van der Waals surface area contributed by atoms with E-state index in [2.05, 4.69) is 25.2 Å². The Balaban J connectivity index is 1.37. The summed E-state index contributed by atoms with van der Waals surface area (Å²) in [6, 6.07) is 9.87. The summed E-state index contributed by atoms with van der Waals surface area (Å²) in [5.41, 5.74) is 0.957. The van der Waals surface area contributed by atoms with E-state index in [0.29, 0.717) is 24.2 Å². The van der Waals surface area contributed by atoms with Crippen LogP contribution in [0.3, 0.4) is 0 Å². The van der Waals surface area contributed by atoms with Crippen LogP contribution in [0, 0.1) is 5.92 Å². The molecule has 0 bridgehead atoms. The topological polar surface area (TPSA) is 72.9 Å². The fourth-order valence-corrected chi connectivity index (χ4v) is 3.24. The zero-order chi connectivity index (χ0) is 16.2. The maximum absolute atomic E-state index is 5.82. The van der Waals surface area contributed by atoms with Gasteiger partial charge in [0.2, 0.25) is 11.8 Å². The Morgan fingerprint density at radius 3 is 2.92 bits per heavy atom. The largest absolute Gasteiger partial charge is 0.419 e. The van der Waals surface area contributed by atoms with Crippen LogP contribution >= 0.6 is 0 Å². The van der Waals surface area contributed by atoms with Gasteiger partial charge in [-0.05, 0) is 37.4 Å². The number of likely N-dealkylation sites (tertiary alicyclic amines) is 1. The lowest BCUT2D eigenvalue weighted by Gasteiger charge is -2.31. The highest BCUT2D eigenvalue weighted by atomic mass is 16.4. The number of aromatic nitrogens is 5. The molecule has 0 saturated carbocycles. The molecule has 1 unspecified atom stereocenters. The van der Waals surface area contributed by atoms with Crippen LogP contribution in [-0.2, 0) is 13.1 Å². The number of nitrogens with zero attached hydrogens (tertiary/aromatic N) is 6. The Morgan fingerprint density at radius 1 is 1.17 bits per heavy atom. The average molecular weight is 324 g/mol. The minimum atomic E-state index is 0.581. The van der Waals surface area contributed by atoms with E-state index in [4.69, 9.17) is 4.42 Å². The van der Waals surface area contributed by atoms with Crippen LogP contribution in [0.15, 0.2) is 47.4 Å². The molecule has 3 heterocycles. The molecule has 7 nitrogen and oxygen atoms in total. The van der Waals surface area contributed by atoms with Gasteiger partial charge in [0.15, 0.2) is 0 Å². The number of benzene rings is 1. The molecule has 0 N–H and O–H groups in total. The first-order valence-corrected chi connectivity index (χ1v) is 8.29. The van der Waals surface area contributed by atoms with Crippen LogP contribution in [0.5, 0.6) is 0 Å². The third-order valence-electron chi connectivity index (χ3n) is 4.36. The van der Waals surface area contributed by atoms with E-state index in [0.717, 1.165) is 25.2 Å². The Labute approximate surface area is 140 Å². The molecule has 1 aliphatic rings. The monoisotopic (exact) mass is 324 g/mol. The molecule has 1 atom stereocenters. The molecule has 1 saturated heterocycles. The summed E-state index contributed by atoms with van der Waals surface area (Å²) in [6.45, 7) is 3.70. The van der Waals surface area contributed by atoms with E-state index < -0.39 is 0 Å². The molecule has 0 radical (unpaired) electrons. The maximum Gasteiger partial charge on any atom is 0.247 e. The second-order valence-electron chi connectivity index (χ2n) is 6.23. The smallest absolute Gasteiger partial charge is 0.247 e. The summed E-state index contributed by atoms with van der Waals surface area (Å²) in [5.74, 6) is 1.84. The molecule has 1 fully saturated rings. The van der Waals surface area contributed by atoms with Crippen molar-refractivity contribution in [2.24, 2.45) is 5.92 Å². The van der Waals surface area contributed by atoms with Crippen LogP contribution in [-0.4, -0.2) is 43.0 Å².